The van der Waals surface area contributed by atoms with Gasteiger partial charge in [-0.2, -0.15) is 0 Å². The van der Waals surface area contributed by atoms with Gasteiger partial charge < -0.3 is 4.90 Å². The number of hydrogen-bond donors (Lipinski definition) is 0. The summed E-state index contributed by atoms with van der Waals surface area (Å²) in [6.45, 7) is 4.75. The summed E-state index contributed by atoms with van der Waals surface area (Å²) in [5, 5.41) is 0. The van der Waals surface area contributed by atoms with Crippen LogP contribution in [0.1, 0.15) is 32.6 Å². The van der Waals surface area contributed by atoms with Gasteiger partial charge in [-0.3, -0.25) is 9.69 Å². The molecule has 0 N–H and O–H groups in total. The zero-order chi connectivity index (χ0) is 12.0. The van der Waals surface area contributed by atoms with E-state index >= 15 is 0 Å². The standard InChI is InChI=1S/C14H22N2O/c1-11(17)16-8-7-14(10-16)9-15(2)13-6-4-3-5-12(13)14/h5,13H,3-4,6-10H2,1-2H3. The van der Waals surface area contributed by atoms with Gasteiger partial charge in [0.15, 0.2) is 0 Å². The van der Waals surface area contributed by atoms with Crippen LogP contribution < -0.4 is 0 Å². The maximum atomic E-state index is 11.5. The maximum absolute atomic E-state index is 11.5. The smallest absolute Gasteiger partial charge is 0.219 e. The van der Waals surface area contributed by atoms with E-state index in [1.165, 1.54) is 25.7 Å². The lowest BCUT2D eigenvalue weighted by molar-refractivity contribution is -0.128. The molecule has 0 saturated carbocycles. The predicted octanol–water partition coefficient (Wildman–Crippen LogP) is 1.65. The Labute approximate surface area is 103 Å². The number of rotatable bonds is 0. The maximum Gasteiger partial charge on any atom is 0.219 e. The Morgan fingerprint density at radius 3 is 3.00 bits per heavy atom. The van der Waals surface area contributed by atoms with Crippen LogP contribution in [0.15, 0.2) is 11.6 Å². The first-order valence-corrected chi connectivity index (χ1v) is 6.79. The first kappa shape index (κ1) is 11.3. The molecule has 2 aliphatic heterocycles. The second kappa shape index (κ2) is 3.84. The van der Waals surface area contributed by atoms with E-state index in [1.54, 1.807) is 12.5 Å². The lowest BCUT2D eigenvalue weighted by Crippen LogP contribution is -2.33. The molecule has 3 rings (SSSR count). The molecule has 2 fully saturated rings. The summed E-state index contributed by atoms with van der Waals surface area (Å²) in [5.74, 6) is 0.240. The topological polar surface area (TPSA) is 23.6 Å². The van der Waals surface area contributed by atoms with Gasteiger partial charge in [-0.15, -0.1) is 0 Å². The molecule has 1 amide bonds. The van der Waals surface area contributed by atoms with Crippen molar-refractivity contribution in [2.75, 3.05) is 26.7 Å². The van der Waals surface area contributed by atoms with Crippen LogP contribution in [0.4, 0.5) is 0 Å². The molecule has 2 heterocycles. The van der Waals surface area contributed by atoms with Gasteiger partial charge in [0, 0.05) is 38.0 Å². The van der Waals surface area contributed by atoms with Gasteiger partial charge in [-0.25, -0.2) is 0 Å². The van der Waals surface area contributed by atoms with Gasteiger partial charge in [0.1, 0.15) is 0 Å². The molecule has 94 valence electrons. The highest BCUT2D eigenvalue weighted by atomic mass is 16.2. The number of allylic oxidation sites excluding steroid dienone is 1. The van der Waals surface area contributed by atoms with Crippen LogP contribution in [0.2, 0.25) is 0 Å². The minimum Gasteiger partial charge on any atom is -0.342 e. The molecule has 0 aromatic heterocycles. The number of nitrogens with zero attached hydrogens (tertiary/aromatic N) is 2. The third-order valence-electron chi connectivity index (χ3n) is 4.90. The van der Waals surface area contributed by atoms with E-state index in [0.717, 1.165) is 19.6 Å². The fourth-order valence-corrected chi connectivity index (χ4v) is 4.07. The SMILES string of the molecule is CC(=O)N1CCC2(C1)CN(C)C1CCCC=C12. The monoisotopic (exact) mass is 234 g/mol. The zero-order valence-electron chi connectivity index (χ0n) is 10.9. The van der Waals surface area contributed by atoms with Gasteiger partial charge in [0.25, 0.3) is 0 Å². The number of hydrogen-bond acceptors (Lipinski definition) is 2. The van der Waals surface area contributed by atoms with E-state index in [-0.39, 0.29) is 5.91 Å². The summed E-state index contributed by atoms with van der Waals surface area (Å²) >= 11 is 0. The summed E-state index contributed by atoms with van der Waals surface area (Å²) in [4.78, 5) is 16.1. The molecule has 0 aromatic carbocycles. The number of carbonyl (C=O) groups excluding carboxylic acids is 1. The largest absolute Gasteiger partial charge is 0.342 e. The van der Waals surface area contributed by atoms with Crippen molar-refractivity contribution in [2.45, 2.75) is 38.6 Å². The third kappa shape index (κ3) is 1.63. The van der Waals surface area contributed by atoms with E-state index in [4.69, 9.17) is 0 Å². The van der Waals surface area contributed by atoms with E-state index in [9.17, 15) is 4.79 Å². The van der Waals surface area contributed by atoms with Crippen molar-refractivity contribution < 1.29 is 4.79 Å². The van der Waals surface area contributed by atoms with Crippen molar-refractivity contribution in [2.24, 2.45) is 5.41 Å². The molecule has 2 atom stereocenters. The first-order chi connectivity index (χ1) is 8.12. The van der Waals surface area contributed by atoms with Crippen LogP contribution in [-0.2, 0) is 4.79 Å². The minimum atomic E-state index is 0.240. The van der Waals surface area contributed by atoms with Crippen LogP contribution >= 0.6 is 0 Å². The summed E-state index contributed by atoms with van der Waals surface area (Å²) in [7, 11) is 2.25. The average molecular weight is 234 g/mol. The fourth-order valence-electron chi connectivity index (χ4n) is 4.07. The predicted molar refractivity (Wildman–Crippen MR) is 67.7 cm³/mol. The van der Waals surface area contributed by atoms with Crippen molar-refractivity contribution >= 4 is 5.91 Å². The average Bonchev–Trinajstić information content (AvgIpc) is 2.85. The van der Waals surface area contributed by atoms with Crippen molar-refractivity contribution in [3.63, 3.8) is 0 Å². The molecule has 3 heteroatoms. The molecule has 17 heavy (non-hydrogen) atoms. The Hall–Kier alpha value is -0.830. The van der Waals surface area contributed by atoms with Gasteiger partial charge in [-0.05, 0) is 38.3 Å². The van der Waals surface area contributed by atoms with Gasteiger partial charge >= 0.3 is 0 Å². The summed E-state index contributed by atoms with van der Waals surface area (Å²) in [6.07, 6.45) is 7.51. The van der Waals surface area contributed by atoms with Crippen molar-refractivity contribution in [3.05, 3.63) is 11.6 Å². The number of amides is 1. The lowest BCUT2D eigenvalue weighted by atomic mass is 9.76. The number of fused-ring (bicyclic) bond motifs is 2. The minimum absolute atomic E-state index is 0.240. The highest BCUT2D eigenvalue weighted by Crippen LogP contribution is 2.48. The molecular formula is C14H22N2O. The first-order valence-electron chi connectivity index (χ1n) is 6.79. The second-order valence-electron chi connectivity index (χ2n) is 5.99. The van der Waals surface area contributed by atoms with E-state index < -0.39 is 0 Å². The quantitative estimate of drug-likeness (QED) is 0.595. The highest BCUT2D eigenvalue weighted by Gasteiger charge is 2.51. The van der Waals surface area contributed by atoms with Crippen molar-refractivity contribution in [3.8, 4) is 0 Å². The van der Waals surface area contributed by atoms with Crippen LogP contribution in [-0.4, -0.2) is 48.4 Å². The molecule has 2 saturated heterocycles. The second-order valence-corrected chi connectivity index (χ2v) is 5.99. The Kier molecular flexibility index (Phi) is 2.54. The molecule has 0 radical (unpaired) electrons. The van der Waals surface area contributed by atoms with Gasteiger partial charge in [0.2, 0.25) is 5.91 Å². The fraction of sp³-hybridized carbons (Fsp3) is 0.786. The van der Waals surface area contributed by atoms with Crippen molar-refractivity contribution in [1.29, 1.82) is 0 Å². The zero-order valence-corrected chi connectivity index (χ0v) is 10.9. The van der Waals surface area contributed by atoms with Crippen molar-refractivity contribution in [1.82, 2.24) is 9.80 Å². The third-order valence-corrected chi connectivity index (χ3v) is 4.90. The molecule has 0 aromatic rings. The van der Waals surface area contributed by atoms with E-state index in [2.05, 4.69) is 18.0 Å². The normalized spacial score (nSPS) is 37.4. The number of likely N-dealkylation sites (N-methyl/N-ethyl adjacent to an activating group) is 1. The van der Waals surface area contributed by atoms with Crippen LogP contribution in [0, 0.1) is 5.41 Å². The van der Waals surface area contributed by atoms with Crippen LogP contribution in [0.25, 0.3) is 0 Å². The molecule has 2 unspecified atom stereocenters. The van der Waals surface area contributed by atoms with E-state index in [1.807, 2.05) is 4.90 Å². The number of carbonyl (C=O) groups is 1. The molecule has 3 nitrogen and oxygen atoms in total. The Morgan fingerprint density at radius 1 is 1.47 bits per heavy atom. The van der Waals surface area contributed by atoms with E-state index in [0.29, 0.717) is 11.5 Å². The molecule has 0 bridgehead atoms. The Bertz CT molecular complexity index is 376. The Morgan fingerprint density at radius 2 is 2.29 bits per heavy atom. The van der Waals surface area contributed by atoms with Crippen LogP contribution in [0.3, 0.4) is 0 Å². The van der Waals surface area contributed by atoms with Gasteiger partial charge in [-0.1, -0.05) is 6.08 Å². The summed E-state index contributed by atoms with van der Waals surface area (Å²) < 4.78 is 0. The summed E-state index contributed by atoms with van der Waals surface area (Å²) in [5.41, 5.74) is 1.95. The molecule has 1 spiro atoms. The number of likely N-dealkylation sites (tertiary alicyclic amines) is 2. The van der Waals surface area contributed by atoms with Crippen LogP contribution in [0.5, 0.6) is 0 Å². The summed E-state index contributed by atoms with van der Waals surface area (Å²) in [6, 6.07) is 0.663. The molecule has 1 aliphatic carbocycles. The molecule has 3 aliphatic rings. The molecular weight excluding hydrogens is 212 g/mol. The highest BCUT2D eigenvalue weighted by molar-refractivity contribution is 5.73. The Balaban J connectivity index is 1.89. The van der Waals surface area contributed by atoms with Gasteiger partial charge in [0.05, 0.1) is 0 Å². The lowest BCUT2D eigenvalue weighted by Gasteiger charge is -2.28.